The maximum absolute atomic E-state index is 12.7. The third kappa shape index (κ3) is 14.3. The summed E-state index contributed by atoms with van der Waals surface area (Å²) in [6.45, 7) is 2.61. The minimum atomic E-state index is -5.03. The van der Waals surface area contributed by atoms with Crippen molar-refractivity contribution in [2.45, 2.75) is 36.5 Å². The van der Waals surface area contributed by atoms with E-state index in [4.69, 9.17) is 14.2 Å². The second-order valence-corrected chi connectivity index (χ2v) is 21.0. The van der Waals surface area contributed by atoms with Gasteiger partial charge in [-0.2, -0.15) is 43.9 Å². The Hall–Kier alpha value is -6.98. The molecule has 0 spiro atoms. The number of hydrogen-bond acceptors (Lipinski definition) is 19. The maximum atomic E-state index is 12.7. The molecule has 0 aliphatic rings. The summed E-state index contributed by atoms with van der Waals surface area (Å²) >= 11 is 0. The SMILES string of the molecule is COc1ccc(N=Nc2cc(OCCCS(=O)(=O)O)c(N=Nc3cc(OCCCS(=O)(=O)O)c(N=Nc4c(S(=O)(=O)O)cc5cc(Nc6ccccc6)ccc5c4O)cc3C)cc2C)c(S(=O)(=O)O)c1. The van der Waals surface area contributed by atoms with E-state index in [1.54, 1.807) is 26.0 Å². The fourth-order valence-electron chi connectivity index (χ4n) is 6.41. The molecule has 27 heteroatoms. The molecule has 23 nitrogen and oxygen atoms in total. The van der Waals surface area contributed by atoms with Crippen LogP contribution in [0.5, 0.6) is 23.0 Å². The first-order valence-corrected chi connectivity index (χ1v) is 26.4. The molecule has 6 aromatic rings. The molecule has 0 aliphatic carbocycles. The summed E-state index contributed by atoms with van der Waals surface area (Å²) in [6, 6.07) is 24.1. The minimum Gasteiger partial charge on any atom is -0.505 e. The first-order valence-electron chi connectivity index (χ1n) is 20.3. The number of phenols is 1. The minimum absolute atomic E-state index is 0.0263. The summed E-state index contributed by atoms with van der Waals surface area (Å²) in [7, 11) is -17.2. The molecule has 6 N–H and O–H groups in total. The van der Waals surface area contributed by atoms with Crippen molar-refractivity contribution < 1.29 is 71.2 Å². The lowest BCUT2D eigenvalue weighted by Crippen LogP contribution is -2.08. The van der Waals surface area contributed by atoms with Crippen LogP contribution >= 0.6 is 0 Å². The topological polar surface area (TPSA) is 352 Å². The average Bonchev–Trinajstić information content (AvgIpc) is 3.28. The van der Waals surface area contributed by atoms with E-state index in [1.807, 2.05) is 30.3 Å². The van der Waals surface area contributed by atoms with Crippen LogP contribution in [0.1, 0.15) is 24.0 Å². The molecule has 0 fully saturated rings. The van der Waals surface area contributed by atoms with Gasteiger partial charge in [0.25, 0.3) is 40.5 Å². The Kier molecular flexibility index (Phi) is 16.3. The smallest absolute Gasteiger partial charge is 0.296 e. The molecule has 0 unspecified atom stereocenters. The van der Waals surface area contributed by atoms with Gasteiger partial charge in [0.15, 0.2) is 5.75 Å². The van der Waals surface area contributed by atoms with Crippen LogP contribution in [0.15, 0.2) is 138 Å². The van der Waals surface area contributed by atoms with Gasteiger partial charge in [-0.3, -0.25) is 18.2 Å². The molecule has 0 aromatic heterocycles. The van der Waals surface area contributed by atoms with Crippen molar-refractivity contribution in [1.82, 2.24) is 0 Å². The van der Waals surface area contributed by atoms with Gasteiger partial charge in [-0.25, -0.2) is 0 Å². The highest BCUT2D eigenvalue weighted by atomic mass is 32.2. The van der Waals surface area contributed by atoms with E-state index >= 15 is 0 Å². The predicted molar refractivity (Wildman–Crippen MR) is 256 cm³/mol. The second kappa shape index (κ2) is 21.8. The second-order valence-electron chi connectivity index (χ2n) is 15.1. The highest BCUT2D eigenvalue weighted by Crippen LogP contribution is 2.45. The number of aryl methyl sites for hydroxylation is 2. The maximum Gasteiger partial charge on any atom is 0.296 e. The quantitative estimate of drug-likeness (QED) is 0.0222. The zero-order chi connectivity index (χ0) is 51.0. The summed E-state index contributed by atoms with van der Waals surface area (Å²) in [4.78, 5) is -1.37. The zero-order valence-electron chi connectivity index (χ0n) is 37.0. The number of aromatic hydroxyl groups is 1. The van der Waals surface area contributed by atoms with Crippen LogP contribution in [0.25, 0.3) is 10.8 Å². The van der Waals surface area contributed by atoms with Gasteiger partial charge in [-0.1, -0.05) is 18.2 Å². The summed E-state index contributed by atoms with van der Waals surface area (Å²) in [6.07, 6.45) is -0.358. The number of para-hydroxylation sites is 1. The van der Waals surface area contributed by atoms with Crippen molar-refractivity contribution in [1.29, 1.82) is 0 Å². The Morgan fingerprint density at radius 1 is 0.529 bits per heavy atom. The number of hydrogen-bond donors (Lipinski definition) is 6. The van der Waals surface area contributed by atoms with E-state index in [0.717, 1.165) is 17.8 Å². The van der Waals surface area contributed by atoms with Crippen LogP contribution in [-0.2, 0) is 40.5 Å². The number of nitrogens with one attached hydrogen (secondary N) is 1. The molecule has 0 atom stereocenters. The molecule has 0 saturated heterocycles. The first kappa shape index (κ1) is 52.4. The van der Waals surface area contributed by atoms with Crippen LogP contribution in [0, 0.1) is 13.8 Å². The number of nitrogens with zero attached hydrogens (tertiary/aromatic N) is 6. The summed E-state index contributed by atoms with van der Waals surface area (Å²) in [5, 5.41) is 39.9. The Bertz CT molecular complexity index is 3500. The highest BCUT2D eigenvalue weighted by molar-refractivity contribution is 7.86. The Morgan fingerprint density at radius 3 is 1.56 bits per heavy atom. The Balaban J connectivity index is 1.39. The normalized spacial score (nSPS) is 12.6. The van der Waals surface area contributed by atoms with E-state index in [1.165, 1.54) is 49.6 Å². The molecule has 0 heterocycles. The number of ether oxygens (including phenoxy) is 3. The number of phenolic OH excluding ortho intramolecular Hbond substituents is 1. The summed E-state index contributed by atoms with van der Waals surface area (Å²) in [5.74, 6) is -1.97. The molecule has 6 aromatic carbocycles. The van der Waals surface area contributed by atoms with Gasteiger partial charge in [0.05, 0.1) is 43.2 Å². The van der Waals surface area contributed by atoms with Crippen molar-refractivity contribution in [3.05, 3.63) is 108 Å². The van der Waals surface area contributed by atoms with Gasteiger partial charge in [0.2, 0.25) is 0 Å². The molecule has 70 heavy (non-hydrogen) atoms. The molecule has 0 radical (unpaired) electrons. The van der Waals surface area contributed by atoms with Gasteiger partial charge in [0.1, 0.15) is 49.8 Å². The lowest BCUT2D eigenvalue weighted by Gasteiger charge is -2.13. The summed E-state index contributed by atoms with van der Waals surface area (Å²) in [5.41, 5.74) is 1.35. The number of azo groups is 3. The number of rotatable bonds is 21. The van der Waals surface area contributed by atoms with Crippen molar-refractivity contribution in [3.8, 4) is 23.0 Å². The van der Waals surface area contributed by atoms with E-state index in [9.17, 15) is 57.0 Å². The van der Waals surface area contributed by atoms with E-state index < -0.39 is 73.2 Å². The molecule has 0 bridgehead atoms. The number of methoxy groups -OCH3 is 1. The lowest BCUT2D eigenvalue weighted by molar-refractivity contribution is 0.317. The summed E-state index contributed by atoms with van der Waals surface area (Å²) < 4.78 is 151. The monoisotopic (exact) mass is 1040 g/mol. The zero-order valence-corrected chi connectivity index (χ0v) is 40.3. The molecule has 370 valence electrons. The Labute approximate surface area is 401 Å². The molecular weight excluding hydrogens is 999 g/mol. The number of benzene rings is 6. The molecule has 0 amide bonds. The standard InChI is InChI=1S/C43H43N7O16S4/c1-26-19-36(38(65-15-7-17-67(52,53)54)24-34(26)46-45-33-14-12-31(64-3)23-40(33)69(58,59)60)48-47-35-25-39(66-16-8-18-68(55,56)57)37(20-27(35)2)49-50-42-41(70(61,62)63)22-28-21-30(11-13-32(28)43(42)51)44-29-9-5-4-6-10-29/h4-6,9-14,19-25,44,51H,7-8,15-18H2,1-3H3,(H,52,53,54)(H,55,56,57)(H,58,59,60)(H,61,62,63). The molecule has 0 saturated carbocycles. The third-order valence-electron chi connectivity index (χ3n) is 9.79. The van der Waals surface area contributed by atoms with Crippen molar-refractivity contribution in [2.75, 3.05) is 37.1 Å². The average molecular weight is 1040 g/mol. The van der Waals surface area contributed by atoms with Crippen molar-refractivity contribution in [2.24, 2.45) is 30.7 Å². The van der Waals surface area contributed by atoms with Crippen LogP contribution in [-0.4, -0.2) is 88.8 Å². The molecule has 6 rings (SSSR count). The molecular formula is C43H43N7O16S4. The third-order valence-corrected chi connectivity index (χ3v) is 13.1. The van der Waals surface area contributed by atoms with Gasteiger partial charge in [-0.15, -0.1) is 20.5 Å². The van der Waals surface area contributed by atoms with Gasteiger partial charge >= 0.3 is 0 Å². The van der Waals surface area contributed by atoms with Crippen molar-refractivity contribution >= 4 is 96.7 Å². The fraction of sp³-hybridized carbons (Fsp3) is 0.209. The van der Waals surface area contributed by atoms with Gasteiger partial charge in [0, 0.05) is 35.0 Å². The van der Waals surface area contributed by atoms with Crippen LogP contribution in [0.3, 0.4) is 0 Å². The van der Waals surface area contributed by atoms with E-state index in [2.05, 4.69) is 36.0 Å². The van der Waals surface area contributed by atoms with Crippen LogP contribution in [0.4, 0.5) is 45.5 Å². The van der Waals surface area contributed by atoms with E-state index in [-0.39, 0.29) is 82.5 Å². The van der Waals surface area contributed by atoms with Crippen LogP contribution in [0.2, 0.25) is 0 Å². The first-order chi connectivity index (χ1) is 32.9. The largest absolute Gasteiger partial charge is 0.505 e. The molecule has 0 aliphatic heterocycles. The van der Waals surface area contributed by atoms with Crippen molar-refractivity contribution in [3.63, 3.8) is 0 Å². The lowest BCUT2D eigenvalue weighted by atomic mass is 10.1. The fourth-order valence-corrected chi connectivity index (χ4v) is 8.68. The Morgan fingerprint density at radius 2 is 1.04 bits per heavy atom. The predicted octanol–water partition coefficient (Wildman–Crippen LogP) is 9.97. The van der Waals surface area contributed by atoms with E-state index in [0.29, 0.717) is 16.8 Å². The number of fused-ring (bicyclic) bond motifs is 1. The highest BCUT2D eigenvalue weighted by Gasteiger charge is 2.23. The van der Waals surface area contributed by atoms with Gasteiger partial charge in [-0.05, 0) is 104 Å². The van der Waals surface area contributed by atoms with Crippen LogP contribution < -0.4 is 19.5 Å². The number of anilines is 2. The van der Waals surface area contributed by atoms with Gasteiger partial charge < -0.3 is 24.6 Å².